The van der Waals surface area contributed by atoms with Gasteiger partial charge in [-0.3, -0.25) is 0 Å². The number of carboxylic acid groups (broad SMARTS) is 2. The molecule has 0 spiro atoms. The number of carbonyl (C=O) groups excluding carboxylic acids is 2. The normalized spacial score (nSPS) is 30.8. The van der Waals surface area contributed by atoms with E-state index in [2.05, 4.69) is 0 Å². The third kappa shape index (κ3) is 0.964. The van der Waals surface area contributed by atoms with Gasteiger partial charge in [0.15, 0.2) is 0 Å². The quantitative estimate of drug-likeness (QED) is 0.427. The first kappa shape index (κ1) is 7.05. The van der Waals surface area contributed by atoms with Gasteiger partial charge in [0.1, 0.15) is 0 Å². The fourth-order valence-electron chi connectivity index (χ4n) is 1.06. The molecular weight excluding hydrogens is 136 g/mol. The largest absolute Gasteiger partial charge is 0.550 e. The summed E-state index contributed by atoms with van der Waals surface area (Å²) < 4.78 is 0. The van der Waals surface area contributed by atoms with Gasteiger partial charge in [0, 0.05) is 23.8 Å². The maximum atomic E-state index is 10.1. The standard InChI is InChI=1S/C6H8O4/c7-5(8)3-1-2-4(3)6(9)10/h3-4H,1-2H2,(H,7,8)(H,9,10)/p-2/t3-,4-/m0/s1. The van der Waals surface area contributed by atoms with Gasteiger partial charge in [-0.05, 0) is 12.8 Å². The Morgan fingerprint density at radius 3 is 1.40 bits per heavy atom. The number of carbonyl (C=O) groups is 2. The van der Waals surface area contributed by atoms with E-state index in [0.717, 1.165) is 0 Å². The van der Waals surface area contributed by atoms with Gasteiger partial charge in [0.2, 0.25) is 0 Å². The molecule has 0 heterocycles. The summed E-state index contributed by atoms with van der Waals surface area (Å²) in [6, 6.07) is 0. The SMILES string of the molecule is O=C([O-])[C@H]1CC[C@@H]1C(=O)[O-]. The number of hydrogen-bond acceptors (Lipinski definition) is 4. The molecule has 0 aromatic carbocycles. The van der Waals surface area contributed by atoms with Crippen molar-refractivity contribution >= 4 is 11.9 Å². The minimum Gasteiger partial charge on any atom is -0.550 e. The summed E-state index contributed by atoms with van der Waals surface area (Å²) in [7, 11) is 0. The van der Waals surface area contributed by atoms with Crippen molar-refractivity contribution in [2.45, 2.75) is 12.8 Å². The molecule has 1 aliphatic carbocycles. The molecule has 0 N–H and O–H groups in total. The molecule has 1 aliphatic rings. The lowest BCUT2D eigenvalue weighted by Crippen LogP contribution is -2.49. The zero-order chi connectivity index (χ0) is 7.72. The lowest BCUT2D eigenvalue weighted by Gasteiger charge is -2.37. The van der Waals surface area contributed by atoms with Crippen LogP contribution in [0.15, 0.2) is 0 Å². The van der Waals surface area contributed by atoms with E-state index in [0.29, 0.717) is 12.8 Å². The molecule has 10 heavy (non-hydrogen) atoms. The molecule has 4 heteroatoms. The lowest BCUT2D eigenvalue weighted by molar-refractivity contribution is -0.332. The highest BCUT2D eigenvalue weighted by molar-refractivity contribution is 5.79. The van der Waals surface area contributed by atoms with E-state index in [-0.39, 0.29) is 0 Å². The highest BCUT2D eigenvalue weighted by Gasteiger charge is 2.32. The molecule has 1 saturated carbocycles. The van der Waals surface area contributed by atoms with Crippen LogP contribution < -0.4 is 10.2 Å². The molecule has 56 valence electrons. The van der Waals surface area contributed by atoms with Crippen LogP contribution in [0, 0.1) is 11.8 Å². The zero-order valence-electron chi connectivity index (χ0n) is 5.20. The highest BCUT2D eigenvalue weighted by atomic mass is 16.4. The first-order valence-electron chi connectivity index (χ1n) is 3.04. The average molecular weight is 142 g/mol. The zero-order valence-corrected chi connectivity index (χ0v) is 5.20. The second kappa shape index (κ2) is 2.28. The second-order valence-corrected chi connectivity index (χ2v) is 2.43. The van der Waals surface area contributed by atoms with Gasteiger partial charge in [-0.2, -0.15) is 0 Å². The van der Waals surface area contributed by atoms with Gasteiger partial charge in [-0.15, -0.1) is 0 Å². The van der Waals surface area contributed by atoms with Crippen molar-refractivity contribution in [1.29, 1.82) is 0 Å². The van der Waals surface area contributed by atoms with Crippen molar-refractivity contribution in [3.05, 3.63) is 0 Å². The maximum absolute atomic E-state index is 10.1. The molecular formula is C6H6O4-2. The molecule has 0 bridgehead atoms. The minimum atomic E-state index is -1.28. The molecule has 1 fully saturated rings. The van der Waals surface area contributed by atoms with Crippen LogP contribution in [0.4, 0.5) is 0 Å². The molecule has 4 nitrogen and oxygen atoms in total. The monoisotopic (exact) mass is 142 g/mol. The van der Waals surface area contributed by atoms with Gasteiger partial charge in [-0.1, -0.05) is 0 Å². The Labute approximate surface area is 57.5 Å². The lowest BCUT2D eigenvalue weighted by atomic mass is 9.74. The van der Waals surface area contributed by atoms with E-state index in [1.54, 1.807) is 0 Å². The summed E-state index contributed by atoms with van der Waals surface area (Å²) >= 11 is 0. The molecule has 2 atom stereocenters. The fourth-order valence-corrected chi connectivity index (χ4v) is 1.06. The molecule has 0 aromatic rings. The van der Waals surface area contributed by atoms with Crippen LogP contribution >= 0.6 is 0 Å². The molecule has 0 radical (unpaired) electrons. The van der Waals surface area contributed by atoms with Gasteiger partial charge < -0.3 is 19.8 Å². The van der Waals surface area contributed by atoms with Crippen molar-refractivity contribution < 1.29 is 19.8 Å². The summed E-state index contributed by atoms with van der Waals surface area (Å²) in [5, 5.41) is 20.2. The fraction of sp³-hybridized carbons (Fsp3) is 0.667. The number of aliphatic carboxylic acids is 2. The molecule has 1 rings (SSSR count). The van der Waals surface area contributed by atoms with E-state index in [1.807, 2.05) is 0 Å². The summed E-state index contributed by atoms with van der Waals surface area (Å²) in [6.07, 6.45) is 0.808. The predicted molar refractivity (Wildman–Crippen MR) is 26.2 cm³/mol. The predicted octanol–water partition coefficient (Wildman–Crippen LogP) is -2.49. The van der Waals surface area contributed by atoms with Crippen molar-refractivity contribution in [2.24, 2.45) is 11.8 Å². The average Bonchev–Trinajstić information content (AvgIpc) is 1.56. The first-order valence-corrected chi connectivity index (χ1v) is 3.04. The van der Waals surface area contributed by atoms with Gasteiger partial charge >= 0.3 is 0 Å². The molecule has 0 aromatic heterocycles. The van der Waals surface area contributed by atoms with Crippen LogP contribution in [-0.4, -0.2) is 11.9 Å². The van der Waals surface area contributed by atoms with E-state index in [4.69, 9.17) is 0 Å². The number of rotatable bonds is 2. The first-order chi connectivity index (χ1) is 4.63. The minimum absolute atomic E-state index is 0.404. The summed E-state index contributed by atoms with van der Waals surface area (Å²) in [4.78, 5) is 20.2. The van der Waals surface area contributed by atoms with Crippen molar-refractivity contribution in [2.75, 3.05) is 0 Å². The number of carboxylic acids is 2. The summed E-state index contributed by atoms with van der Waals surface area (Å²) in [5.74, 6) is -4.18. The Balaban J connectivity index is 2.51. The topological polar surface area (TPSA) is 80.3 Å². The Bertz CT molecular complexity index is 155. The van der Waals surface area contributed by atoms with Crippen molar-refractivity contribution in [3.63, 3.8) is 0 Å². The Kier molecular flexibility index (Phi) is 1.61. The van der Waals surface area contributed by atoms with E-state index in [1.165, 1.54) is 0 Å². The Morgan fingerprint density at radius 2 is 1.30 bits per heavy atom. The van der Waals surface area contributed by atoms with Crippen LogP contribution in [0.2, 0.25) is 0 Å². The van der Waals surface area contributed by atoms with Gasteiger partial charge in [-0.25, -0.2) is 0 Å². The third-order valence-electron chi connectivity index (χ3n) is 1.88. The van der Waals surface area contributed by atoms with E-state index >= 15 is 0 Å². The van der Waals surface area contributed by atoms with Crippen LogP contribution in [0.25, 0.3) is 0 Å². The third-order valence-corrected chi connectivity index (χ3v) is 1.88. The Morgan fingerprint density at radius 1 is 1.00 bits per heavy atom. The van der Waals surface area contributed by atoms with Gasteiger partial charge in [0.25, 0.3) is 0 Å². The summed E-state index contributed by atoms with van der Waals surface area (Å²) in [5.41, 5.74) is 0. The molecule has 0 aliphatic heterocycles. The van der Waals surface area contributed by atoms with E-state index in [9.17, 15) is 19.8 Å². The van der Waals surface area contributed by atoms with Crippen LogP contribution in [0.3, 0.4) is 0 Å². The number of hydrogen-bond donors (Lipinski definition) is 0. The van der Waals surface area contributed by atoms with Gasteiger partial charge in [0.05, 0.1) is 0 Å². The highest BCUT2D eigenvalue weighted by Crippen LogP contribution is 2.32. The van der Waals surface area contributed by atoms with Crippen LogP contribution in [0.5, 0.6) is 0 Å². The van der Waals surface area contributed by atoms with E-state index < -0.39 is 23.8 Å². The molecule has 0 amide bonds. The van der Waals surface area contributed by atoms with Crippen molar-refractivity contribution in [1.82, 2.24) is 0 Å². The van der Waals surface area contributed by atoms with Crippen molar-refractivity contribution in [3.8, 4) is 0 Å². The maximum Gasteiger partial charge on any atom is 0.0451 e. The molecule has 0 saturated heterocycles. The second-order valence-electron chi connectivity index (χ2n) is 2.43. The van der Waals surface area contributed by atoms with Crippen LogP contribution in [0.1, 0.15) is 12.8 Å². The van der Waals surface area contributed by atoms with Crippen LogP contribution in [-0.2, 0) is 9.59 Å². The summed E-state index contributed by atoms with van der Waals surface area (Å²) in [6.45, 7) is 0. The molecule has 0 unspecified atom stereocenters. The smallest absolute Gasteiger partial charge is 0.0451 e. The Hall–Kier alpha value is -1.06.